The molecule has 0 aromatic heterocycles. The van der Waals surface area contributed by atoms with Crippen molar-refractivity contribution < 1.29 is 4.74 Å². The number of likely N-dealkylation sites (N-methyl/N-ethyl adjacent to an activating group) is 1. The zero-order chi connectivity index (χ0) is 13.1. The van der Waals surface area contributed by atoms with E-state index in [9.17, 15) is 0 Å². The van der Waals surface area contributed by atoms with Crippen LogP contribution in [0, 0.1) is 0 Å². The number of rotatable bonds is 4. The van der Waals surface area contributed by atoms with E-state index in [-0.39, 0.29) is 11.1 Å². The van der Waals surface area contributed by atoms with E-state index in [0.717, 1.165) is 12.2 Å². The molecule has 1 aromatic carbocycles. The first kappa shape index (κ1) is 14.0. The molecule has 0 spiro atoms. The molecule has 0 aliphatic carbocycles. The van der Waals surface area contributed by atoms with Crippen molar-refractivity contribution >= 4 is 0 Å². The Morgan fingerprint density at radius 3 is 1.94 bits per heavy atom. The molecule has 0 aliphatic heterocycles. The molecule has 0 amide bonds. The van der Waals surface area contributed by atoms with Crippen LogP contribution < -0.4 is 10.1 Å². The van der Waals surface area contributed by atoms with E-state index >= 15 is 0 Å². The summed E-state index contributed by atoms with van der Waals surface area (Å²) in [7, 11) is 2.00. The van der Waals surface area contributed by atoms with Gasteiger partial charge in [0.15, 0.2) is 0 Å². The van der Waals surface area contributed by atoms with Gasteiger partial charge in [-0.1, -0.05) is 12.1 Å². The van der Waals surface area contributed by atoms with Crippen LogP contribution in [0.1, 0.15) is 40.2 Å². The zero-order valence-corrected chi connectivity index (χ0v) is 11.9. The fourth-order valence-electron chi connectivity index (χ4n) is 1.63. The number of ether oxygens (including phenoxy) is 1. The molecule has 0 fully saturated rings. The van der Waals surface area contributed by atoms with Gasteiger partial charge in [-0.15, -0.1) is 0 Å². The summed E-state index contributed by atoms with van der Waals surface area (Å²) in [5.41, 5.74) is 1.32. The smallest absolute Gasteiger partial charge is 0.120 e. The van der Waals surface area contributed by atoms with Crippen LogP contribution in [0.3, 0.4) is 0 Å². The molecule has 0 saturated carbocycles. The summed E-state index contributed by atoms with van der Waals surface area (Å²) in [5.74, 6) is 0.934. The van der Waals surface area contributed by atoms with Crippen molar-refractivity contribution in [2.24, 2.45) is 0 Å². The minimum absolute atomic E-state index is 0.131. The summed E-state index contributed by atoms with van der Waals surface area (Å²) < 4.78 is 5.80. The third-order valence-corrected chi connectivity index (χ3v) is 2.67. The Hall–Kier alpha value is -1.02. The van der Waals surface area contributed by atoms with Crippen LogP contribution >= 0.6 is 0 Å². The Bertz CT molecular complexity index is 346. The Balaban J connectivity index is 2.69. The first-order chi connectivity index (χ1) is 7.72. The van der Waals surface area contributed by atoms with E-state index in [1.807, 2.05) is 19.2 Å². The van der Waals surface area contributed by atoms with Crippen LogP contribution in [0.2, 0.25) is 0 Å². The molecule has 96 valence electrons. The van der Waals surface area contributed by atoms with Crippen molar-refractivity contribution in [3.05, 3.63) is 29.8 Å². The van der Waals surface area contributed by atoms with E-state index in [2.05, 4.69) is 52.1 Å². The molecule has 0 radical (unpaired) electrons. The second-order valence-corrected chi connectivity index (χ2v) is 6.17. The van der Waals surface area contributed by atoms with Gasteiger partial charge in [-0.3, -0.25) is 0 Å². The van der Waals surface area contributed by atoms with Crippen LogP contribution in [0.25, 0.3) is 0 Å². The normalized spacial score (nSPS) is 12.6. The predicted molar refractivity (Wildman–Crippen MR) is 73.7 cm³/mol. The Morgan fingerprint density at radius 1 is 1.00 bits per heavy atom. The van der Waals surface area contributed by atoms with E-state index in [4.69, 9.17) is 4.74 Å². The van der Waals surface area contributed by atoms with Crippen molar-refractivity contribution in [2.75, 3.05) is 7.05 Å². The average Bonchev–Trinajstić information content (AvgIpc) is 2.19. The van der Waals surface area contributed by atoms with E-state index in [1.165, 1.54) is 5.56 Å². The second-order valence-electron chi connectivity index (χ2n) is 6.17. The number of hydrogen-bond donors (Lipinski definition) is 1. The van der Waals surface area contributed by atoms with Crippen molar-refractivity contribution in [2.45, 2.75) is 52.2 Å². The van der Waals surface area contributed by atoms with Crippen LogP contribution in [-0.4, -0.2) is 18.2 Å². The first-order valence-electron chi connectivity index (χ1n) is 6.19. The van der Waals surface area contributed by atoms with E-state index in [1.54, 1.807) is 0 Å². The minimum Gasteiger partial charge on any atom is -0.488 e. The number of nitrogens with one attached hydrogen (secondary N) is 1. The minimum atomic E-state index is -0.133. The van der Waals surface area contributed by atoms with E-state index < -0.39 is 0 Å². The monoisotopic (exact) mass is 235 g/mol. The molecule has 2 nitrogen and oxygen atoms in total. The molecule has 1 rings (SSSR count). The van der Waals surface area contributed by atoms with Gasteiger partial charge in [0, 0.05) is 5.54 Å². The lowest BCUT2D eigenvalue weighted by molar-refractivity contribution is 0.131. The van der Waals surface area contributed by atoms with Crippen molar-refractivity contribution in [3.8, 4) is 5.75 Å². The molecule has 1 N–H and O–H groups in total. The molecule has 0 unspecified atom stereocenters. The van der Waals surface area contributed by atoms with Gasteiger partial charge in [0.25, 0.3) is 0 Å². The highest BCUT2D eigenvalue weighted by Crippen LogP contribution is 2.20. The quantitative estimate of drug-likeness (QED) is 0.863. The van der Waals surface area contributed by atoms with E-state index in [0.29, 0.717) is 0 Å². The maximum atomic E-state index is 5.80. The SMILES string of the molecule is CNC(C)(C)Cc1ccc(OC(C)(C)C)cc1. The van der Waals surface area contributed by atoms with Gasteiger partial charge >= 0.3 is 0 Å². The summed E-state index contributed by atoms with van der Waals surface area (Å²) in [6.07, 6.45) is 1.01. The van der Waals surface area contributed by atoms with Crippen molar-refractivity contribution in [3.63, 3.8) is 0 Å². The molecule has 0 bridgehead atoms. The van der Waals surface area contributed by atoms with Crippen LogP contribution in [0.15, 0.2) is 24.3 Å². The van der Waals surface area contributed by atoms with Gasteiger partial charge < -0.3 is 10.1 Å². The lowest BCUT2D eigenvalue weighted by atomic mass is 9.95. The molecule has 0 heterocycles. The highest BCUT2D eigenvalue weighted by Gasteiger charge is 2.16. The number of hydrogen-bond acceptors (Lipinski definition) is 2. The lowest BCUT2D eigenvalue weighted by Crippen LogP contribution is -2.38. The van der Waals surface area contributed by atoms with Gasteiger partial charge in [0.05, 0.1) is 0 Å². The van der Waals surface area contributed by atoms with Crippen molar-refractivity contribution in [1.82, 2.24) is 5.32 Å². The maximum Gasteiger partial charge on any atom is 0.120 e. The van der Waals surface area contributed by atoms with Gasteiger partial charge in [-0.05, 0) is 65.8 Å². The molecular weight excluding hydrogens is 210 g/mol. The van der Waals surface area contributed by atoms with Crippen LogP contribution in [-0.2, 0) is 6.42 Å². The standard InChI is InChI=1S/C15H25NO/c1-14(2,3)17-13-9-7-12(8-10-13)11-15(4,5)16-6/h7-10,16H,11H2,1-6H3. The third-order valence-electron chi connectivity index (χ3n) is 2.67. The van der Waals surface area contributed by atoms with Crippen LogP contribution in [0.4, 0.5) is 0 Å². The molecule has 17 heavy (non-hydrogen) atoms. The van der Waals surface area contributed by atoms with Gasteiger partial charge in [-0.25, -0.2) is 0 Å². The summed E-state index contributed by atoms with van der Waals surface area (Å²) >= 11 is 0. The van der Waals surface area contributed by atoms with Crippen LogP contribution in [0.5, 0.6) is 5.75 Å². The summed E-state index contributed by atoms with van der Waals surface area (Å²) in [4.78, 5) is 0. The predicted octanol–water partition coefficient (Wildman–Crippen LogP) is 3.40. The third kappa shape index (κ3) is 5.22. The second kappa shape index (κ2) is 5.09. The number of benzene rings is 1. The molecule has 0 saturated heterocycles. The van der Waals surface area contributed by atoms with Crippen molar-refractivity contribution in [1.29, 1.82) is 0 Å². The maximum absolute atomic E-state index is 5.80. The topological polar surface area (TPSA) is 21.3 Å². The molecule has 0 atom stereocenters. The largest absolute Gasteiger partial charge is 0.488 e. The van der Waals surface area contributed by atoms with Gasteiger partial charge in [0.1, 0.15) is 11.4 Å². The Morgan fingerprint density at radius 2 is 1.53 bits per heavy atom. The zero-order valence-electron chi connectivity index (χ0n) is 11.9. The molecule has 1 aromatic rings. The Labute approximate surface area is 105 Å². The van der Waals surface area contributed by atoms with Gasteiger partial charge in [-0.2, -0.15) is 0 Å². The first-order valence-corrected chi connectivity index (χ1v) is 6.19. The highest BCUT2D eigenvalue weighted by molar-refractivity contribution is 5.28. The summed E-state index contributed by atoms with van der Waals surface area (Å²) in [6, 6.07) is 8.37. The summed E-state index contributed by atoms with van der Waals surface area (Å²) in [5, 5.41) is 3.31. The summed E-state index contributed by atoms with van der Waals surface area (Å²) in [6.45, 7) is 10.6. The fraction of sp³-hybridized carbons (Fsp3) is 0.600. The molecule has 2 heteroatoms. The fourth-order valence-corrected chi connectivity index (χ4v) is 1.63. The lowest BCUT2D eigenvalue weighted by Gasteiger charge is -2.25. The highest BCUT2D eigenvalue weighted by atomic mass is 16.5. The molecular formula is C15H25NO. The Kier molecular flexibility index (Phi) is 4.21. The molecule has 0 aliphatic rings. The average molecular weight is 235 g/mol. The van der Waals surface area contributed by atoms with Gasteiger partial charge in [0.2, 0.25) is 0 Å².